The van der Waals surface area contributed by atoms with Crippen LogP contribution in [-0.4, -0.2) is 37.0 Å². The van der Waals surface area contributed by atoms with Crippen molar-refractivity contribution in [2.24, 2.45) is 0 Å². The predicted octanol–water partition coefficient (Wildman–Crippen LogP) is 2.61. The standard InChI is InChI=1S/C15H23ClN2O2S/c1-2-7-18-14(10-12-6-8-17-11-13(12)16)15-5-3-4-9-21(15,19)20/h6,8,11,14-15,18H,2-5,7,9-10H2,1H3. The highest BCUT2D eigenvalue weighted by atomic mass is 35.5. The van der Waals surface area contributed by atoms with E-state index in [1.165, 1.54) is 0 Å². The Morgan fingerprint density at radius 2 is 2.29 bits per heavy atom. The third-order valence-corrected chi connectivity index (χ3v) is 6.72. The monoisotopic (exact) mass is 330 g/mol. The van der Waals surface area contributed by atoms with E-state index in [2.05, 4.69) is 17.2 Å². The van der Waals surface area contributed by atoms with Crippen LogP contribution < -0.4 is 5.32 Å². The lowest BCUT2D eigenvalue weighted by Gasteiger charge is -2.31. The predicted molar refractivity (Wildman–Crippen MR) is 86.5 cm³/mol. The maximum absolute atomic E-state index is 12.4. The lowest BCUT2D eigenvalue weighted by Crippen LogP contribution is -2.48. The summed E-state index contributed by atoms with van der Waals surface area (Å²) in [5.41, 5.74) is 0.959. The number of rotatable bonds is 6. The van der Waals surface area contributed by atoms with Gasteiger partial charge in [0.2, 0.25) is 0 Å². The molecule has 118 valence electrons. The SMILES string of the molecule is CCCNC(Cc1ccncc1Cl)C1CCCCS1(=O)=O. The molecule has 1 N–H and O–H groups in total. The zero-order valence-corrected chi connectivity index (χ0v) is 14.0. The van der Waals surface area contributed by atoms with Crippen molar-refractivity contribution in [3.63, 3.8) is 0 Å². The Morgan fingerprint density at radius 1 is 1.48 bits per heavy atom. The van der Waals surface area contributed by atoms with Gasteiger partial charge in [-0.05, 0) is 43.9 Å². The van der Waals surface area contributed by atoms with Crippen LogP contribution in [0, 0.1) is 0 Å². The van der Waals surface area contributed by atoms with Crippen molar-refractivity contribution >= 4 is 21.4 Å². The van der Waals surface area contributed by atoms with Gasteiger partial charge in [-0.1, -0.05) is 24.9 Å². The smallest absolute Gasteiger partial charge is 0.154 e. The molecule has 1 aliphatic heterocycles. The highest BCUT2D eigenvalue weighted by Gasteiger charge is 2.35. The third-order valence-electron chi connectivity index (χ3n) is 4.03. The van der Waals surface area contributed by atoms with Crippen molar-refractivity contribution < 1.29 is 8.42 Å². The third kappa shape index (κ3) is 4.41. The molecule has 0 aliphatic carbocycles. The lowest BCUT2D eigenvalue weighted by molar-refractivity contribution is 0.433. The topological polar surface area (TPSA) is 59.1 Å². The van der Waals surface area contributed by atoms with E-state index < -0.39 is 9.84 Å². The fourth-order valence-electron chi connectivity index (χ4n) is 2.90. The molecule has 21 heavy (non-hydrogen) atoms. The number of nitrogens with one attached hydrogen (secondary N) is 1. The van der Waals surface area contributed by atoms with E-state index in [4.69, 9.17) is 11.6 Å². The number of nitrogens with zero attached hydrogens (tertiary/aromatic N) is 1. The van der Waals surface area contributed by atoms with Gasteiger partial charge in [-0.25, -0.2) is 8.42 Å². The van der Waals surface area contributed by atoms with E-state index >= 15 is 0 Å². The molecule has 1 aromatic heterocycles. The molecule has 4 nitrogen and oxygen atoms in total. The van der Waals surface area contributed by atoms with E-state index in [-0.39, 0.29) is 11.3 Å². The number of sulfone groups is 1. The fourth-order valence-corrected chi connectivity index (χ4v) is 5.23. The largest absolute Gasteiger partial charge is 0.312 e. The molecular weight excluding hydrogens is 308 g/mol. The van der Waals surface area contributed by atoms with E-state index in [0.717, 1.165) is 37.8 Å². The van der Waals surface area contributed by atoms with Crippen LogP contribution in [0.15, 0.2) is 18.5 Å². The van der Waals surface area contributed by atoms with Gasteiger partial charge in [0, 0.05) is 18.4 Å². The van der Waals surface area contributed by atoms with Crippen LogP contribution in [0.25, 0.3) is 0 Å². The number of hydrogen-bond donors (Lipinski definition) is 1. The first kappa shape index (κ1) is 16.7. The minimum absolute atomic E-state index is 0.0739. The van der Waals surface area contributed by atoms with Gasteiger partial charge in [-0.2, -0.15) is 0 Å². The van der Waals surface area contributed by atoms with Crippen LogP contribution in [0.2, 0.25) is 5.02 Å². The summed E-state index contributed by atoms with van der Waals surface area (Å²) in [5.74, 6) is 0.312. The number of aromatic nitrogens is 1. The second-order valence-electron chi connectivity index (χ2n) is 5.63. The molecule has 1 fully saturated rings. The zero-order valence-electron chi connectivity index (χ0n) is 12.4. The van der Waals surface area contributed by atoms with Gasteiger partial charge in [-0.3, -0.25) is 4.98 Å². The van der Waals surface area contributed by atoms with Crippen molar-refractivity contribution in [1.82, 2.24) is 10.3 Å². The highest BCUT2D eigenvalue weighted by molar-refractivity contribution is 7.92. The average molecular weight is 331 g/mol. The molecule has 1 aromatic rings. The van der Waals surface area contributed by atoms with Gasteiger partial charge in [-0.15, -0.1) is 0 Å². The van der Waals surface area contributed by atoms with Crippen molar-refractivity contribution in [3.8, 4) is 0 Å². The van der Waals surface area contributed by atoms with E-state index in [9.17, 15) is 8.42 Å². The number of pyridine rings is 1. The van der Waals surface area contributed by atoms with Crippen LogP contribution in [-0.2, 0) is 16.3 Å². The van der Waals surface area contributed by atoms with Crippen molar-refractivity contribution in [2.75, 3.05) is 12.3 Å². The molecule has 2 unspecified atom stereocenters. The minimum atomic E-state index is -3.01. The molecule has 1 saturated heterocycles. The summed E-state index contributed by atoms with van der Waals surface area (Å²) < 4.78 is 24.8. The average Bonchev–Trinajstić information content (AvgIpc) is 2.45. The van der Waals surface area contributed by atoms with Crippen LogP contribution in [0.5, 0.6) is 0 Å². The molecule has 6 heteroatoms. The number of hydrogen-bond acceptors (Lipinski definition) is 4. The fraction of sp³-hybridized carbons (Fsp3) is 0.667. The lowest BCUT2D eigenvalue weighted by atomic mass is 10.00. The van der Waals surface area contributed by atoms with Gasteiger partial charge in [0.25, 0.3) is 0 Å². The van der Waals surface area contributed by atoms with E-state index in [0.29, 0.717) is 17.2 Å². The van der Waals surface area contributed by atoms with Crippen LogP contribution in [0.1, 0.15) is 38.2 Å². The Kier molecular flexibility index (Phi) is 6.02. The van der Waals surface area contributed by atoms with Gasteiger partial charge >= 0.3 is 0 Å². The maximum atomic E-state index is 12.4. The Balaban J connectivity index is 2.19. The Hall–Kier alpha value is -0.650. The molecule has 0 spiro atoms. The van der Waals surface area contributed by atoms with Gasteiger partial charge in [0.05, 0.1) is 16.0 Å². The molecular formula is C15H23ClN2O2S. The minimum Gasteiger partial charge on any atom is -0.312 e. The second kappa shape index (κ2) is 7.56. The summed E-state index contributed by atoms with van der Waals surface area (Å²) in [6, 6.07) is 1.80. The highest BCUT2D eigenvalue weighted by Crippen LogP contribution is 2.26. The molecule has 0 radical (unpaired) electrons. The molecule has 2 atom stereocenters. The van der Waals surface area contributed by atoms with Gasteiger partial charge in [0.1, 0.15) is 0 Å². The first-order valence-electron chi connectivity index (χ1n) is 7.58. The van der Waals surface area contributed by atoms with E-state index in [1.807, 2.05) is 6.07 Å². The summed E-state index contributed by atoms with van der Waals surface area (Å²) in [5, 5.41) is 3.71. The quantitative estimate of drug-likeness (QED) is 0.871. The molecule has 1 aliphatic rings. The molecule has 2 heterocycles. The molecule has 0 bridgehead atoms. The Bertz CT molecular complexity index is 563. The zero-order chi connectivity index (χ0) is 15.3. The van der Waals surface area contributed by atoms with Crippen LogP contribution >= 0.6 is 11.6 Å². The Morgan fingerprint density at radius 3 is 2.95 bits per heavy atom. The summed E-state index contributed by atoms with van der Waals surface area (Å²) in [6.07, 6.45) is 7.44. The summed E-state index contributed by atoms with van der Waals surface area (Å²) in [7, 11) is -3.01. The molecule has 2 rings (SSSR count). The maximum Gasteiger partial charge on any atom is 0.154 e. The first-order valence-corrected chi connectivity index (χ1v) is 9.67. The van der Waals surface area contributed by atoms with Crippen molar-refractivity contribution in [2.45, 2.75) is 50.3 Å². The summed E-state index contributed by atoms with van der Waals surface area (Å²) in [6.45, 7) is 2.90. The second-order valence-corrected chi connectivity index (χ2v) is 8.38. The van der Waals surface area contributed by atoms with Crippen molar-refractivity contribution in [3.05, 3.63) is 29.0 Å². The van der Waals surface area contributed by atoms with Gasteiger partial charge in [0.15, 0.2) is 9.84 Å². The molecule has 0 aromatic carbocycles. The molecule has 0 saturated carbocycles. The Labute approximate surface area is 132 Å². The first-order chi connectivity index (χ1) is 10.0. The molecule has 0 amide bonds. The van der Waals surface area contributed by atoms with E-state index in [1.54, 1.807) is 12.4 Å². The summed E-state index contributed by atoms with van der Waals surface area (Å²) >= 11 is 6.17. The number of halogens is 1. The van der Waals surface area contributed by atoms with Crippen LogP contribution in [0.3, 0.4) is 0 Å². The normalized spacial score (nSPS) is 22.9. The van der Waals surface area contributed by atoms with Gasteiger partial charge < -0.3 is 5.32 Å². The van der Waals surface area contributed by atoms with Crippen molar-refractivity contribution in [1.29, 1.82) is 0 Å². The summed E-state index contributed by atoms with van der Waals surface area (Å²) in [4.78, 5) is 3.98. The van der Waals surface area contributed by atoms with Crippen LogP contribution in [0.4, 0.5) is 0 Å².